The monoisotopic (exact) mass is 690 g/mol. The molecule has 17 nitrogen and oxygen atoms in total. The molecule has 0 aliphatic carbocycles. The Balaban J connectivity index is 5.79. The number of hydrogen-bond donors (Lipinski definition) is 4. The second-order valence-electron chi connectivity index (χ2n) is 11.3. The van der Waals surface area contributed by atoms with Crippen molar-refractivity contribution in [2.24, 2.45) is 0 Å². The third-order valence-electron chi connectivity index (χ3n) is 5.40. The molecule has 0 saturated heterocycles. The van der Waals surface area contributed by atoms with Crippen LogP contribution in [0.1, 0.15) is 41.5 Å². The molecule has 0 radical (unpaired) electrons. The Kier molecular flexibility index (Phi) is 16.8. The summed E-state index contributed by atoms with van der Waals surface area (Å²) in [5.41, 5.74) is -3.04. The molecule has 0 aromatic rings. The van der Waals surface area contributed by atoms with Crippen LogP contribution in [0.3, 0.4) is 0 Å². The van der Waals surface area contributed by atoms with Gasteiger partial charge in [-0.3, -0.25) is 4.57 Å². The SMILES string of the molecule is C=C(C)C(=O)OCC(C)(COC(=O)C(=C)C)NC(=O)OCC(CP(=O)(O)O)OC(=O)NC(C)(COC(=O)C(=C)C)COC(=O)C(=C)C. The first-order chi connectivity index (χ1) is 21.4. The van der Waals surface area contributed by atoms with E-state index in [1.807, 2.05) is 0 Å². The molecular weight excluding hydrogens is 647 g/mol. The van der Waals surface area contributed by atoms with Gasteiger partial charge in [0, 0.05) is 22.3 Å². The van der Waals surface area contributed by atoms with Crippen LogP contribution in [0.25, 0.3) is 0 Å². The van der Waals surface area contributed by atoms with E-state index in [4.69, 9.17) is 28.4 Å². The van der Waals surface area contributed by atoms with E-state index in [9.17, 15) is 43.1 Å². The van der Waals surface area contributed by atoms with E-state index < -0.39 is 100 Å². The zero-order chi connectivity index (χ0) is 36.8. The van der Waals surface area contributed by atoms with Gasteiger partial charge >= 0.3 is 43.7 Å². The molecule has 0 heterocycles. The summed E-state index contributed by atoms with van der Waals surface area (Å²) < 4.78 is 42.2. The predicted octanol–water partition coefficient (Wildman–Crippen LogP) is 1.98. The molecule has 0 aromatic heterocycles. The smallest absolute Gasteiger partial charge is 0.408 e. The summed E-state index contributed by atoms with van der Waals surface area (Å²) >= 11 is 0. The van der Waals surface area contributed by atoms with E-state index >= 15 is 0 Å². The minimum absolute atomic E-state index is 0.0325. The highest BCUT2D eigenvalue weighted by Gasteiger charge is 2.35. The van der Waals surface area contributed by atoms with Crippen LogP contribution in [0.5, 0.6) is 0 Å². The molecule has 1 unspecified atom stereocenters. The van der Waals surface area contributed by atoms with Crippen LogP contribution in [-0.2, 0) is 52.2 Å². The summed E-state index contributed by atoms with van der Waals surface area (Å²) in [5.74, 6) is -3.27. The van der Waals surface area contributed by atoms with Gasteiger partial charge in [-0.05, 0) is 41.5 Å². The highest BCUT2D eigenvalue weighted by atomic mass is 31.2. The second kappa shape index (κ2) is 18.6. The van der Waals surface area contributed by atoms with Crippen molar-refractivity contribution in [1.29, 1.82) is 0 Å². The molecule has 18 heteroatoms. The quantitative estimate of drug-likeness (QED) is 0.0656. The van der Waals surface area contributed by atoms with Crippen LogP contribution < -0.4 is 10.6 Å². The molecule has 1 atom stereocenters. The van der Waals surface area contributed by atoms with Crippen LogP contribution in [-0.4, -0.2) is 102 Å². The van der Waals surface area contributed by atoms with Crippen LogP contribution in [0.2, 0.25) is 0 Å². The van der Waals surface area contributed by atoms with E-state index in [1.165, 1.54) is 41.5 Å². The number of carbonyl (C=O) groups is 6. The Hall–Kier alpha value is -4.47. The predicted molar refractivity (Wildman–Crippen MR) is 165 cm³/mol. The van der Waals surface area contributed by atoms with E-state index in [0.717, 1.165) is 0 Å². The van der Waals surface area contributed by atoms with Crippen molar-refractivity contribution in [3.05, 3.63) is 48.6 Å². The lowest BCUT2D eigenvalue weighted by Crippen LogP contribution is -2.55. The molecule has 0 spiro atoms. The number of hydrogen-bond acceptors (Lipinski definition) is 13. The summed E-state index contributed by atoms with van der Waals surface area (Å²) in [6.07, 6.45) is -5.40. The molecule has 4 N–H and O–H groups in total. The minimum atomic E-state index is -4.87. The van der Waals surface area contributed by atoms with E-state index in [1.54, 1.807) is 0 Å². The Morgan fingerprint density at radius 3 is 1.19 bits per heavy atom. The average Bonchev–Trinajstić information content (AvgIpc) is 2.93. The van der Waals surface area contributed by atoms with Crippen molar-refractivity contribution >= 4 is 43.7 Å². The van der Waals surface area contributed by atoms with Gasteiger partial charge < -0.3 is 48.8 Å². The summed E-state index contributed by atoms with van der Waals surface area (Å²) in [5, 5.41) is 4.63. The fourth-order valence-electron chi connectivity index (χ4n) is 2.89. The number of ether oxygens (including phenoxy) is 6. The molecule has 0 fully saturated rings. The zero-order valence-electron chi connectivity index (χ0n) is 27.3. The van der Waals surface area contributed by atoms with E-state index in [2.05, 4.69) is 36.9 Å². The largest absolute Gasteiger partial charge is 0.460 e. The van der Waals surface area contributed by atoms with Gasteiger partial charge in [-0.1, -0.05) is 26.3 Å². The molecule has 0 bridgehead atoms. The van der Waals surface area contributed by atoms with Gasteiger partial charge in [-0.15, -0.1) is 0 Å². The summed E-state index contributed by atoms with van der Waals surface area (Å²) in [6.45, 7) is 18.9. The number of nitrogens with one attached hydrogen (secondary N) is 2. The standard InChI is InChI=1S/C29H43N2O15P/c1-17(2)22(32)42-13-28(9,14-43-23(33)18(3)4)30-26(36)41-11-21(12-47(38,39)40)46-27(37)31-29(10,15-44-24(34)19(5)6)16-45-25(35)20(7)8/h21H,1,3,5,7,11-16H2,2,4,6,8-10H3,(H,30,36)(H,31,37)(H2,38,39,40). The maximum atomic E-state index is 12.8. The van der Waals surface area contributed by atoms with Gasteiger partial charge in [0.1, 0.15) is 50.2 Å². The maximum absolute atomic E-state index is 12.8. The molecule has 0 aliphatic rings. The lowest BCUT2D eigenvalue weighted by Gasteiger charge is -2.31. The molecule has 47 heavy (non-hydrogen) atoms. The summed E-state index contributed by atoms with van der Waals surface area (Å²) in [4.78, 5) is 92.2. The molecule has 264 valence electrons. The molecule has 0 aromatic carbocycles. The highest BCUT2D eigenvalue weighted by Crippen LogP contribution is 2.35. The first-order valence-electron chi connectivity index (χ1n) is 13.7. The fourth-order valence-corrected chi connectivity index (χ4v) is 3.60. The number of amides is 2. The molecule has 0 aliphatic heterocycles. The van der Waals surface area contributed by atoms with Crippen molar-refractivity contribution in [2.45, 2.75) is 58.7 Å². The number of rotatable bonds is 19. The highest BCUT2D eigenvalue weighted by molar-refractivity contribution is 7.51. The van der Waals surface area contributed by atoms with Crippen molar-refractivity contribution in [3.8, 4) is 0 Å². The fraction of sp³-hybridized carbons (Fsp3) is 0.517. The Bertz CT molecular complexity index is 1260. The van der Waals surface area contributed by atoms with Crippen LogP contribution in [0.15, 0.2) is 48.6 Å². The normalized spacial score (nSPS) is 11.9. The minimum Gasteiger partial charge on any atom is -0.460 e. The lowest BCUT2D eigenvalue weighted by atomic mass is 10.1. The second-order valence-corrected chi connectivity index (χ2v) is 13.0. The van der Waals surface area contributed by atoms with Crippen molar-refractivity contribution in [1.82, 2.24) is 10.6 Å². The first kappa shape index (κ1) is 42.5. The van der Waals surface area contributed by atoms with Crippen molar-refractivity contribution in [3.63, 3.8) is 0 Å². The average molecular weight is 691 g/mol. The van der Waals surface area contributed by atoms with Gasteiger partial charge in [-0.2, -0.15) is 0 Å². The van der Waals surface area contributed by atoms with Gasteiger partial charge in [0.2, 0.25) is 0 Å². The molecular formula is C29H43N2O15P. The number of carbonyl (C=O) groups excluding carboxylic acids is 6. The Morgan fingerprint density at radius 2 is 0.915 bits per heavy atom. The number of esters is 4. The van der Waals surface area contributed by atoms with Crippen LogP contribution in [0, 0.1) is 0 Å². The van der Waals surface area contributed by atoms with Crippen LogP contribution >= 0.6 is 7.60 Å². The Morgan fingerprint density at radius 1 is 0.617 bits per heavy atom. The van der Waals surface area contributed by atoms with Gasteiger partial charge in [0.25, 0.3) is 0 Å². The van der Waals surface area contributed by atoms with Gasteiger partial charge in [0.05, 0.1) is 6.16 Å². The first-order valence-corrected chi connectivity index (χ1v) is 15.5. The van der Waals surface area contributed by atoms with Gasteiger partial charge in [-0.25, -0.2) is 28.8 Å². The third kappa shape index (κ3) is 18.3. The molecule has 0 rings (SSSR count). The lowest BCUT2D eigenvalue weighted by molar-refractivity contribution is -0.147. The Labute approximate surface area is 272 Å². The third-order valence-corrected chi connectivity index (χ3v) is 6.29. The van der Waals surface area contributed by atoms with E-state index in [-0.39, 0.29) is 22.3 Å². The van der Waals surface area contributed by atoms with Crippen molar-refractivity contribution < 1.29 is 71.5 Å². The maximum Gasteiger partial charge on any atom is 0.408 e. The topological polar surface area (TPSA) is 239 Å². The zero-order valence-corrected chi connectivity index (χ0v) is 28.2. The van der Waals surface area contributed by atoms with E-state index in [0.29, 0.717) is 0 Å². The van der Waals surface area contributed by atoms with Crippen molar-refractivity contribution in [2.75, 3.05) is 39.2 Å². The van der Waals surface area contributed by atoms with Gasteiger partial charge in [0.15, 0.2) is 0 Å². The summed E-state index contributed by atoms with van der Waals surface area (Å²) in [7, 11) is -4.87. The number of alkyl carbamates (subject to hydrolysis) is 2. The summed E-state index contributed by atoms with van der Waals surface area (Å²) in [6, 6.07) is 0. The molecule has 0 saturated carbocycles. The van der Waals surface area contributed by atoms with Crippen LogP contribution in [0.4, 0.5) is 9.59 Å². The molecule has 2 amide bonds.